The van der Waals surface area contributed by atoms with Crippen LogP contribution >= 0.6 is 0 Å². The summed E-state index contributed by atoms with van der Waals surface area (Å²) < 4.78 is 42.4. The molecule has 0 radical (unpaired) electrons. The van der Waals surface area contributed by atoms with Crippen molar-refractivity contribution in [1.82, 2.24) is 0 Å². The first-order valence-corrected chi connectivity index (χ1v) is 12.1. The van der Waals surface area contributed by atoms with Crippen LogP contribution in [-0.4, -0.2) is 26.1 Å². The van der Waals surface area contributed by atoms with Crippen molar-refractivity contribution in [3.8, 4) is 22.5 Å². The summed E-state index contributed by atoms with van der Waals surface area (Å²) in [5.74, 6) is 0.579. The predicted octanol–water partition coefficient (Wildman–Crippen LogP) is 5.24. The lowest BCUT2D eigenvalue weighted by Crippen LogP contribution is -2.06. The number of benzene rings is 3. The van der Waals surface area contributed by atoms with Gasteiger partial charge in [0.25, 0.3) is 0 Å². The van der Waals surface area contributed by atoms with Crippen LogP contribution in [0.5, 0.6) is 0 Å². The van der Waals surface area contributed by atoms with Crippen LogP contribution in [0, 0.1) is 0 Å². The van der Waals surface area contributed by atoms with E-state index in [9.17, 15) is 13.0 Å². The maximum atomic E-state index is 12.0. The van der Waals surface area contributed by atoms with E-state index in [4.69, 9.17) is 4.42 Å². The normalized spacial score (nSPS) is 12.5. The molecule has 0 unspecified atom stereocenters. The van der Waals surface area contributed by atoms with Gasteiger partial charge in [-0.3, -0.25) is 4.99 Å². The molecule has 0 fully saturated rings. The molecule has 1 N–H and O–H groups in total. The zero-order valence-corrected chi connectivity index (χ0v) is 18.9. The zero-order chi connectivity index (χ0) is 22.7. The van der Waals surface area contributed by atoms with Gasteiger partial charge in [0.05, 0.1) is 10.3 Å². The minimum absolute atomic E-state index is 0.248. The molecular weight excluding hydrogens is 424 g/mol. The van der Waals surface area contributed by atoms with Gasteiger partial charge >= 0.3 is 0 Å². The Morgan fingerprint density at radius 1 is 0.969 bits per heavy atom. The molecule has 0 amide bonds. The van der Waals surface area contributed by atoms with Gasteiger partial charge in [-0.15, -0.1) is 0 Å². The van der Waals surface area contributed by atoms with E-state index < -0.39 is 10.1 Å². The van der Waals surface area contributed by atoms with Crippen LogP contribution in [0.2, 0.25) is 0 Å². The monoisotopic (exact) mass is 449 g/mol. The fourth-order valence-electron chi connectivity index (χ4n) is 3.78. The average Bonchev–Trinajstić information content (AvgIpc) is 2.79. The summed E-state index contributed by atoms with van der Waals surface area (Å²) in [6.45, 7) is 5.68. The Labute approximate surface area is 187 Å². The van der Waals surface area contributed by atoms with Crippen LogP contribution in [0.1, 0.15) is 26.7 Å². The second-order valence-corrected chi connectivity index (χ2v) is 8.98. The van der Waals surface area contributed by atoms with Gasteiger partial charge in [0, 0.05) is 53.0 Å². The van der Waals surface area contributed by atoms with E-state index >= 15 is 0 Å². The lowest BCUT2D eigenvalue weighted by Gasteiger charge is -2.19. The molecular formula is C25H25N2O4S-. The number of hydrogen-bond acceptors (Lipinski definition) is 6. The van der Waals surface area contributed by atoms with Gasteiger partial charge in [-0.05, 0) is 43.2 Å². The third kappa shape index (κ3) is 4.40. The Bertz CT molecular complexity index is 1410. The zero-order valence-electron chi connectivity index (χ0n) is 18.1. The van der Waals surface area contributed by atoms with Crippen molar-refractivity contribution in [3.63, 3.8) is 0 Å². The summed E-state index contributed by atoms with van der Waals surface area (Å²) >= 11 is 0. The van der Waals surface area contributed by atoms with Crippen molar-refractivity contribution in [2.45, 2.75) is 31.6 Å². The Morgan fingerprint density at radius 2 is 1.78 bits per heavy atom. The molecule has 1 aliphatic heterocycles. The molecule has 2 aromatic rings. The second kappa shape index (κ2) is 9.14. The molecule has 0 atom stereocenters. The maximum absolute atomic E-state index is 12.0. The molecule has 0 saturated heterocycles. The summed E-state index contributed by atoms with van der Waals surface area (Å²) in [6, 6.07) is 17.6. The topological polar surface area (TPSA) is 94.7 Å². The van der Waals surface area contributed by atoms with Gasteiger partial charge in [0.15, 0.2) is 0 Å². The van der Waals surface area contributed by atoms with Crippen molar-refractivity contribution >= 4 is 26.8 Å². The van der Waals surface area contributed by atoms with Crippen LogP contribution in [0.15, 0.2) is 75.0 Å². The molecule has 32 heavy (non-hydrogen) atoms. The van der Waals surface area contributed by atoms with Crippen molar-refractivity contribution < 1.29 is 17.4 Å². The molecule has 0 spiro atoms. The third-order valence-electron chi connectivity index (χ3n) is 5.23. The maximum Gasteiger partial charge on any atom is 0.137 e. The highest BCUT2D eigenvalue weighted by molar-refractivity contribution is 7.85. The van der Waals surface area contributed by atoms with Crippen LogP contribution in [-0.2, 0) is 10.1 Å². The van der Waals surface area contributed by atoms with Crippen LogP contribution < -0.4 is 10.7 Å². The van der Waals surface area contributed by atoms with Crippen molar-refractivity contribution in [2.75, 3.05) is 18.4 Å². The largest absolute Gasteiger partial charge is 0.744 e. The van der Waals surface area contributed by atoms with Crippen molar-refractivity contribution in [3.05, 3.63) is 66.0 Å². The summed E-state index contributed by atoms with van der Waals surface area (Å²) in [4.78, 5) is 4.31. The number of fused-ring (bicyclic) bond motifs is 2. The first-order chi connectivity index (χ1) is 15.4. The standard InChI is InChI=1S/C25H26N2O4S/c1-3-13-26-17-9-11-19-22(15-17)31-23-16-18(27-14-4-2)10-12-20(23)25(19)21-7-5-6-8-24(21)32(28,29)30/h5-12,15-16,26H,3-4,13-14H2,1-2H3,(H,28,29,30)/p-1. The Hall–Kier alpha value is -3.16. The van der Waals surface area contributed by atoms with Crippen molar-refractivity contribution in [2.24, 2.45) is 4.99 Å². The number of anilines is 1. The highest BCUT2D eigenvalue weighted by Gasteiger charge is 2.21. The Balaban J connectivity index is 2.08. The highest BCUT2D eigenvalue weighted by atomic mass is 32.2. The minimum atomic E-state index is -4.67. The molecule has 6 nitrogen and oxygen atoms in total. The van der Waals surface area contributed by atoms with Gasteiger partial charge in [-0.1, -0.05) is 32.0 Å². The van der Waals surface area contributed by atoms with E-state index in [0.29, 0.717) is 29.0 Å². The van der Waals surface area contributed by atoms with E-state index in [0.717, 1.165) is 41.4 Å². The smallest absolute Gasteiger partial charge is 0.137 e. The SMILES string of the molecule is CCCN=c1ccc2c(-c3ccccc3S(=O)(=O)[O-])c3ccc(NCCC)cc3oc-2c1. The van der Waals surface area contributed by atoms with Gasteiger partial charge in [-0.25, -0.2) is 8.42 Å². The number of rotatable bonds is 7. The van der Waals surface area contributed by atoms with Gasteiger partial charge in [0.2, 0.25) is 0 Å². The highest BCUT2D eigenvalue weighted by Crippen LogP contribution is 2.42. The molecule has 7 heteroatoms. The summed E-state index contributed by atoms with van der Waals surface area (Å²) in [5, 5.41) is 4.86. The van der Waals surface area contributed by atoms with Crippen molar-refractivity contribution in [1.29, 1.82) is 0 Å². The van der Waals surface area contributed by atoms with E-state index in [1.165, 1.54) is 6.07 Å². The molecule has 0 bridgehead atoms. The third-order valence-corrected chi connectivity index (χ3v) is 6.12. The van der Waals surface area contributed by atoms with E-state index in [1.807, 2.05) is 36.4 Å². The Kier molecular flexibility index (Phi) is 6.30. The molecule has 2 aromatic carbocycles. The number of nitrogens with zero attached hydrogens (tertiary/aromatic N) is 1. The van der Waals surface area contributed by atoms with Gasteiger partial charge in [-0.2, -0.15) is 0 Å². The number of nitrogens with one attached hydrogen (secondary N) is 1. The second-order valence-electron chi connectivity index (χ2n) is 7.63. The predicted molar refractivity (Wildman–Crippen MR) is 126 cm³/mol. The molecule has 166 valence electrons. The van der Waals surface area contributed by atoms with Gasteiger partial charge in [0.1, 0.15) is 21.5 Å². The lowest BCUT2D eigenvalue weighted by atomic mass is 9.93. The van der Waals surface area contributed by atoms with E-state index in [-0.39, 0.29) is 4.90 Å². The fourth-order valence-corrected chi connectivity index (χ4v) is 4.46. The molecule has 1 aliphatic carbocycles. The van der Waals surface area contributed by atoms with Crippen LogP contribution in [0.25, 0.3) is 33.4 Å². The van der Waals surface area contributed by atoms with Gasteiger partial charge < -0.3 is 14.3 Å². The van der Waals surface area contributed by atoms with Crippen LogP contribution in [0.3, 0.4) is 0 Å². The summed E-state index contributed by atoms with van der Waals surface area (Å²) in [7, 11) is -4.67. The van der Waals surface area contributed by atoms with E-state index in [2.05, 4.69) is 24.2 Å². The molecule has 0 aromatic heterocycles. The molecule has 1 heterocycles. The molecule has 4 rings (SSSR count). The average molecular weight is 450 g/mol. The first kappa shape index (κ1) is 22.0. The first-order valence-electron chi connectivity index (χ1n) is 10.7. The number of hydrogen-bond donors (Lipinski definition) is 1. The lowest BCUT2D eigenvalue weighted by molar-refractivity contribution is 0.463. The summed E-state index contributed by atoms with van der Waals surface area (Å²) in [5.41, 5.74) is 3.24. The Morgan fingerprint density at radius 3 is 2.53 bits per heavy atom. The minimum Gasteiger partial charge on any atom is -0.744 e. The summed E-state index contributed by atoms with van der Waals surface area (Å²) in [6.07, 6.45) is 1.91. The van der Waals surface area contributed by atoms with E-state index in [1.54, 1.807) is 18.2 Å². The van der Waals surface area contributed by atoms with Crippen LogP contribution in [0.4, 0.5) is 5.69 Å². The molecule has 0 saturated carbocycles. The fraction of sp³-hybridized carbons (Fsp3) is 0.240. The molecule has 2 aliphatic rings. The quantitative estimate of drug-likeness (QED) is 0.307.